The summed E-state index contributed by atoms with van der Waals surface area (Å²) in [6, 6.07) is 54.1. The summed E-state index contributed by atoms with van der Waals surface area (Å²) in [5, 5.41) is 19.2. The summed E-state index contributed by atoms with van der Waals surface area (Å²) in [7, 11) is 0. The van der Waals surface area contributed by atoms with Gasteiger partial charge in [0.25, 0.3) is 0 Å². The Hall–Kier alpha value is -7.70. The molecule has 6 nitrogen and oxygen atoms in total. The Morgan fingerprint density at radius 3 is 1.28 bits per heavy atom. The molecule has 0 fully saturated rings. The second-order valence-electron chi connectivity index (χ2n) is 15.5. The lowest BCUT2D eigenvalue weighted by molar-refractivity contribution is 0.741. The highest BCUT2D eigenvalue weighted by atomic mass is 15.2. The van der Waals surface area contributed by atoms with Gasteiger partial charge in [-0.15, -0.1) is 33.6 Å². The van der Waals surface area contributed by atoms with Crippen LogP contribution >= 0.6 is 0 Å². The van der Waals surface area contributed by atoms with Crippen molar-refractivity contribution >= 4 is 11.6 Å². The first-order valence-corrected chi connectivity index (χ1v) is 22.4. The van der Waals surface area contributed by atoms with Crippen LogP contribution in [0.5, 0.6) is 0 Å². The highest BCUT2D eigenvalue weighted by molar-refractivity contribution is 5.92. The molecule has 2 aliphatic carbocycles. The highest BCUT2D eigenvalue weighted by Crippen LogP contribution is 2.59. The van der Waals surface area contributed by atoms with Gasteiger partial charge in [-0.1, -0.05) is 196 Å². The molecule has 6 heteroatoms. The predicted octanol–water partition coefficient (Wildman–Crippen LogP) is 15.4. The number of fused-ring (bicyclic) bond motifs is 4. The molecule has 0 amide bonds. The first-order valence-electron chi connectivity index (χ1n) is 22.4. The maximum absolute atomic E-state index is 5.24. The summed E-state index contributed by atoms with van der Waals surface area (Å²) in [4.78, 5) is 10.5. The highest BCUT2D eigenvalue weighted by Gasteiger charge is 2.49. The van der Waals surface area contributed by atoms with Gasteiger partial charge in [-0.3, -0.25) is 0 Å². The summed E-state index contributed by atoms with van der Waals surface area (Å²) in [6.45, 7) is 21.3. The zero-order chi connectivity index (χ0) is 45.9. The molecule has 0 aliphatic heterocycles. The Morgan fingerprint density at radius 2 is 0.862 bits per heavy atom. The van der Waals surface area contributed by atoms with E-state index in [9.17, 15) is 0 Å². The minimum atomic E-state index is -0.471. The second-order valence-corrected chi connectivity index (χ2v) is 15.5. The van der Waals surface area contributed by atoms with E-state index in [-0.39, 0.29) is 0 Å². The summed E-state index contributed by atoms with van der Waals surface area (Å²) in [6.07, 6.45) is 6.75. The first kappa shape index (κ1) is 45.3. The van der Waals surface area contributed by atoms with Crippen molar-refractivity contribution in [1.29, 1.82) is 0 Å². The van der Waals surface area contributed by atoms with Crippen LogP contribution in [-0.4, -0.2) is 30.4 Å². The summed E-state index contributed by atoms with van der Waals surface area (Å²) < 4.78 is 0. The largest absolute Gasteiger partial charge is 0.224 e. The molecule has 0 saturated heterocycles. The Kier molecular flexibility index (Phi) is 14.4. The van der Waals surface area contributed by atoms with Gasteiger partial charge in [0.1, 0.15) is 22.8 Å². The van der Waals surface area contributed by atoms with Gasteiger partial charge in [0.15, 0.2) is 11.6 Å². The maximum atomic E-state index is 5.24. The van der Waals surface area contributed by atoms with Crippen molar-refractivity contribution in [3.05, 3.63) is 216 Å². The fourth-order valence-electron chi connectivity index (χ4n) is 8.97. The molecule has 1 unspecified atom stereocenters. The molecule has 322 valence electrons. The average Bonchev–Trinajstić information content (AvgIpc) is 3.81. The van der Waals surface area contributed by atoms with E-state index in [4.69, 9.17) is 30.4 Å². The molecule has 0 bridgehead atoms. The van der Waals surface area contributed by atoms with Crippen LogP contribution in [0.15, 0.2) is 194 Å². The third-order valence-corrected chi connectivity index (χ3v) is 11.6. The topological polar surface area (TPSA) is 77.3 Å². The summed E-state index contributed by atoms with van der Waals surface area (Å²) in [5.41, 5.74) is 17.3. The van der Waals surface area contributed by atoms with Crippen molar-refractivity contribution in [2.24, 2.45) is 0 Å². The summed E-state index contributed by atoms with van der Waals surface area (Å²) in [5.74, 6) is 1.18. The van der Waals surface area contributed by atoms with Crippen molar-refractivity contribution in [2.75, 3.05) is 0 Å². The fourth-order valence-corrected chi connectivity index (χ4v) is 8.97. The number of allylic oxidation sites excluding steroid dienone is 5. The van der Waals surface area contributed by atoms with Gasteiger partial charge in [-0.05, 0) is 74.1 Å². The van der Waals surface area contributed by atoms with Gasteiger partial charge in [-0.2, -0.15) is 0 Å². The zero-order valence-electron chi connectivity index (χ0n) is 38.5. The molecule has 2 aliphatic rings. The van der Waals surface area contributed by atoms with Gasteiger partial charge in [0.05, 0.1) is 5.41 Å². The van der Waals surface area contributed by atoms with E-state index >= 15 is 0 Å². The van der Waals surface area contributed by atoms with Crippen LogP contribution in [0.2, 0.25) is 0 Å². The van der Waals surface area contributed by atoms with Gasteiger partial charge in [0, 0.05) is 33.4 Å². The molecule has 1 spiro atoms. The zero-order valence-corrected chi connectivity index (χ0v) is 38.5. The van der Waals surface area contributed by atoms with E-state index in [0.717, 1.165) is 62.6 Å². The van der Waals surface area contributed by atoms with Gasteiger partial charge >= 0.3 is 0 Å². The Bertz CT molecular complexity index is 2990. The van der Waals surface area contributed by atoms with E-state index in [1.165, 1.54) is 39.0 Å². The molecule has 0 radical (unpaired) electrons. The maximum Gasteiger partial charge on any atom is 0.182 e. The van der Waals surface area contributed by atoms with Crippen LogP contribution in [0, 0.1) is 0 Å². The van der Waals surface area contributed by atoms with Crippen molar-refractivity contribution in [3.63, 3.8) is 0 Å². The molecule has 6 aromatic carbocycles. The first-order chi connectivity index (χ1) is 31.9. The van der Waals surface area contributed by atoms with Crippen molar-refractivity contribution in [3.8, 4) is 67.8 Å². The number of benzene rings is 6. The van der Waals surface area contributed by atoms with E-state index < -0.39 is 5.41 Å². The lowest BCUT2D eigenvalue weighted by Gasteiger charge is -2.32. The average molecular weight is 849 g/mol. The monoisotopic (exact) mass is 848 g/mol. The number of hydrogen-bond donors (Lipinski definition) is 0. The van der Waals surface area contributed by atoms with Crippen LogP contribution in [0.3, 0.4) is 0 Å². The molecule has 2 aromatic heterocycles. The van der Waals surface area contributed by atoms with Crippen LogP contribution in [0.25, 0.3) is 79.5 Å². The number of aromatic nitrogens is 6. The molecular formula is C59H56N6. The van der Waals surface area contributed by atoms with Crippen molar-refractivity contribution < 1.29 is 0 Å². The fraction of sp³-hybridized carbons (Fsp3) is 0.153. The second kappa shape index (κ2) is 20.7. The molecule has 65 heavy (non-hydrogen) atoms. The number of rotatable bonds is 7. The quantitative estimate of drug-likeness (QED) is 0.149. The SMILES string of the molecule is C=CC.C=CC.CC.CCC1=C(C)C2(C(C)=Cc3ccc(-c4nnc(-c5ccccc5)c(-c5ccccc5)n4)cc32)c2cc(-c3nnc(-c4ccccc4)c(-c4ccccc4)n3)ccc21. The molecule has 1 atom stereocenters. The molecule has 2 heterocycles. The third kappa shape index (κ3) is 8.68. The standard InChI is InChI=1S/C51H38N6.2C3H6.C2H6/c1-4-41-33(3)51(44-31-40(27-28-42(41)44)50-53-46(35-19-11-6-12-20-35)48(55-57-50)37-23-15-8-16-24-37)32(2)29-38-25-26-39(30-43(38)51)49-52-45(34-17-9-5-10-18-34)47(54-56-49)36-21-13-7-14-22-36;2*1-3-2;1-2/h5-31H,4H2,1-3H3;2*3H,1H2,2H3;1-2H3. The Balaban J connectivity index is 0.000000739. The van der Waals surface area contributed by atoms with Gasteiger partial charge in [0.2, 0.25) is 0 Å². The number of nitrogens with zero attached hydrogens (tertiary/aromatic N) is 6. The minimum absolute atomic E-state index is 0.471. The van der Waals surface area contributed by atoms with Crippen LogP contribution < -0.4 is 0 Å². The molecule has 0 N–H and O–H groups in total. The minimum Gasteiger partial charge on any atom is -0.224 e. The van der Waals surface area contributed by atoms with Gasteiger partial charge < -0.3 is 0 Å². The van der Waals surface area contributed by atoms with Crippen LogP contribution in [0.4, 0.5) is 0 Å². The van der Waals surface area contributed by atoms with E-state index in [0.29, 0.717) is 11.6 Å². The molecule has 10 rings (SSSR count). The predicted molar refractivity (Wildman–Crippen MR) is 273 cm³/mol. The molecule has 0 saturated carbocycles. The lowest BCUT2D eigenvalue weighted by Crippen LogP contribution is -2.27. The smallest absolute Gasteiger partial charge is 0.182 e. The van der Waals surface area contributed by atoms with E-state index in [1.807, 2.05) is 100 Å². The molecular weight excluding hydrogens is 793 g/mol. The Morgan fingerprint density at radius 1 is 0.477 bits per heavy atom. The van der Waals surface area contributed by atoms with Gasteiger partial charge in [-0.25, -0.2) is 9.97 Å². The summed E-state index contributed by atoms with van der Waals surface area (Å²) >= 11 is 0. The molecule has 8 aromatic rings. The third-order valence-electron chi connectivity index (χ3n) is 11.6. The Labute approximate surface area is 385 Å². The number of hydrogen-bond acceptors (Lipinski definition) is 6. The van der Waals surface area contributed by atoms with Crippen molar-refractivity contribution in [1.82, 2.24) is 30.4 Å². The normalized spacial score (nSPS) is 14.0. The van der Waals surface area contributed by atoms with Crippen LogP contribution in [-0.2, 0) is 5.41 Å². The lowest BCUT2D eigenvalue weighted by atomic mass is 9.69. The van der Waals surface area contributed by atoms with Crippen molar-refractivity contribution in [2.45, 2.75) is 60.3 Å². The van der Waals surface area contributed by atoms with E-state index in [2.05, 4.69) is 125 Å². The van der Waals surface area contributed by atoms with Crippen LogP contribution in [0.1, 0.15) is 77.1 Å². The van der Waals surface area contributed by atoms with E-state index in [1.54, 1.807) is 12.2 Å².